The molecule has 2 atom stereocenters. The average Bonchev–Trinajstić information content (AvgIpc) is 3.69. The summed E-state index contributed by atoms with van der Waals surface area (Å²) in [5.74, 6) is 1.64. The van der Waals surface area contributed by atoms with E-state index in [1.807, 2.05) is 47.4 Å². The highest BCUT2D eigenvalue weighted by Crippen LogP contribution is 2.36. The van der Waals surface area contributed by atoms with Gasteiger partial charge in [0.15, 0.2) is 16.6 Å². The lowest BCUT2D eigenvalue weighted by atomic mass is 10.1. The molecule has 3 amide bonds. The van der Waals surface area contributed by atoms with Gasteiger partial charge in [0, 0.05) is 68.3 Å². The number of hydrogen-bond acceptors (Lipinski definition) is 11. The zero-order valence-corrected chi connectivity index (χ0v) is 31.2. The number of benzene rings is 3. The molecule has 0 aliphatic carbocycles. The van der Waals surface area contributed by atoms with Crippen molar-refractivity contribution in [3.63, 3.8) is 0 Å². The number of anilines is 2. The highest BCUT2D eigenvalue weighted by Gasteiger charge is 2.36. The molecule has 1 N–H and O–H groups in total. The van der Waals surface area contributed by atoms with Crippen molar-refractivity contribution in [1.29, 1.82) is 0 Å². The van der Waals surface area contributed by atoms with Crippen LogP contribution in [-0.4, -0.2) is 101 Å². The predicted molar refractivity (Wildman–Crippen MR) is 204 cm³/mol. The molecule has 0 saturated carbocycles. The molecule has 0 bridgehead atoms. The summed E-state index contributed by atoms with van der Waals surface area (Å²) in [6, 6.07) is 19.9. The highest BCUT2D eigenvalue weighted by atomic mass is 32.2. The maximum atomic E-state index is 13.9. The standard InChI is InChI=1S/C39H44N6O7S/c1-25(24-53-26(2)46)37(48)45-16-8-11-32(45)36(47)41-35-30-21-33(50-3)34(51-4)22-31(30)40-39(42-35)44-19-17-43(18-20-44)38(49)28-12-14-29(15-13-28)52-23-27-9-6-5-7-10-27/h5-7,9-10,12-15,21-22,25,32H,8,11,16-20,23-24H2,1-4H3,(H,40,41,42,47). The molecule has 0 spiro atoms. The van der Waals surface area contributed by atoms with Gasteiger partial charge in [0.25, 0.3) is 5.91 Å². The summed E-state index contributed by atoms with van der Waals surface area (Å²) < 4.78 is 17.0. The Morgan fingerprint density at radius 2 is 1.60 bits per heavy atom. The molecule has 2 aliphatic heterocycles. The second-order valence-electron chi connectivity index (χ2n) is 13.1. The summed E-state index contributed by atoms with van der Waals surface area (Å²) in [5, 5.41) is 3.49. The molecule has 53 heavy (non-hydrogen) atoms. The Balaban J connectivity index is 1.16. The van der Waals surface area contributed by atoms with Crippen LogP contribution in [0.15, 0.2) is 66.7 Å². The molecule has 13 nitrogen and oxygen atoms in total. The van der Waals surface area contributed by atoms with E-state index in [2.05, 4.69) is 5.32 Å². The van der Waals surface area contributed by atoms with Crippen LogP contribution >= 0.6 is 11.8 Å². The van der Waals surface area contributed by atoms with Gasteiger partial charge in [-0.25, -0.2) is 4.98 Å². The van der Waals surface area contributed by atoms with Crippen LogP contribution in [0, 0.1) is 5.92 Å². The minimum Gasteiger partial charge on any atom is -0.493 e. The second kappa shape index (κ2) is 17.0. The Kier molecular flexibility index (Phi) is 12.0. The Hall–Kier alpha value is -5.37. The zero-order valence-electron chi connectivity index (χ0n) is 30.4. The number of amides is 3. The summed E-state index contributed by atoms with van der Waals surface area (Å²) in [6.45, 7) is 5.98. The summed E-state index contributed by atoms with van der Waals surface area (Å²) in [4.78, 5) is 67.2. The van der Waals surface area contributed by atoms with Crippen molar-refractivity contribution in [2.24, 2.45) is 5.92 Å². The molecular weight excluding hydrogens is 697 g/mol. The highest BCUT2D eigenvalue weighted by molar-refractivity contribution is 8.13. The number of carbonyl (C=O) groups is 4. The smallest absolute Gasteiger partial charge is 0.253 e. The van der Waals surface area contributed by atoms with E-state index in [4.69, 9.17) is 24.2 Å². The number of likely N-dealkylation sites (tertiary alicyclic amines) is 1. The lowest BCUT2D eigenvalue weighted by molar-refractivity contribution is -0.139. The first-order chi connectivity index (χ1) is 25.6. The number of methoxy groups -OCH3 is 2. The third kappa shape index (κ3) is 8.82. The van der Waals surface area contributed by atoms with Gasteiger partial charge < -0.3 is 34.2 Å². The number of nitrogens with zero attached hydrogens (tertiary/aromatic N) is 5. The van der Waals surface area contributed by atoms with Gasteiger partial charge >= 0.3 is 0 Å². The number of fused-ring (bicyclic) bond motifs is 1. The van der Waals surface area contributed by atoms with Gasteiger partial charge in [0.1, 0.15) is 24.2 Å². The second-order valence-corrected chi connectivity index (χ2v) is 14.3. The topological polar surface area (TPSA) is 144 Å². The van der Waals surface area contributed by atoms with E-state index in [1.54, 1.807) is 41.0 Å². The van der Waals surface area contributed by atoms with Crippen molar-refractivity contribution in [2.75, 3.05) is 62.9 Å². The van der Waals surface area contributed by atoms with Crippen molar-refractivity contribution in [3.8, 4) is 17.2 Å². The van der Waals surface area contributed by atoms with E-state index >= 15 is 0 Å². The van der Waals surface area contributed by atoms with Gasteiger partial charge in [-0.1, -0.05) is 49.0 Å². The normalized spacial score (nSPS) is 16.3. The first-order valence-electron chi connectivity index (χ1n) is 17.6. The number of thioether (sulfide) groups is 1. The zero-order chi connectivity index (χ0) is 37.5. The van der Waals surface area contributed by atoms with E-state index in [0.717, 1.165) is 17.3 Å². The fraction of sp³-hybridized carbons (Fsp3) is 0.385. The SMILES string of the molecule is COc1cc2nc(N3CCN(C(=O)c4ccc(OCc5ccccc5)cc4)CC3)nc(NC(=O)C3CCCN3C(=O)C(C)CSC(C)=O)c2cc1OC. The van der Waals surface area contributed by atoms with E-state index < -0.39 is 12.0 Å². The Morgan fingerprint density at radius 3 is 2.28 bits per heavy atom. The quantitative estimate of drug-likeness (QED) is 0.209. The van der Waals surface area contributed by atoms with E-state index in [0.29, 0.717) is 97.6 Å². The van der Waals surface area contributed by atoms with Crippen molar-refractivity contribution >= 4 is 57.3 Å². The molecule has 2 saturated heterocycles. The number of ether oxygens (including phenoxy) is 3. The lowest BCUT2D eigenvalue weighted by Crippen LogP contribution is -2.49. The predicted octanol–water partition coefficient (Wildman–Crippen LogP) is 5.03. The maximum absolute atomic E-state index is 13.9. The monoisotopic (exact) mass is 740 g/mol. The van der Waals surface area contributed by atoms with Crippen LogP contribution in [0.5, 0.6) is 17.2 Å². The largest absolute Gasteiger partial charge is 0.493 e. The van der Waals surface area contributed by atoms with Gasteiger partial charge in [-0.15, -0.1) is 0 Å². The third-order valence-electron chi connectivity index (χ3n) is 9.43. The van der Waals surface area contributed by atoms with Crippen LogP contribution in [0.25, 0.3) is 10.9 Å². The molecule has 4 aromatic rings. The van der Waals surface area contributed by atoms with Crippen molar-refractivity contribution in [2.45, 2.75) is 39.3 Å². The maximum Gasteiger partial charge on any atom is 0.253 e. The lowest BCUT2D eigenvalue weighted by Gasteiger charge is -2.35. The number of carbonyl (C=O) groups excluding carboxylic acids is 4. The molecule has 1 aromatic heterocycles. The van der Waals surface area contributed by atoms with Gasteiger partial charge in [0.2, 0.25) is 17.8 Å². The van der Waals surface area contributed by atoms with Crippen LogP contribution < -0.4 is 24.4 Å². The number of hydrogen-bond donors (Lipinski definition) is 1. The van der Waals surface area contributed by atoms with Crippen LogP contribution in [0.2, 0.25) is 0 Å². The van der Waals surface area contributed by atoms with Crippen molar-refractivity contribution in [3.05, 3.63) is 77.9 Å². The fourth-order valence-electron chi connectivity index (χ4n) is 6.51. The van der Waals surface area contributed by atoms with Crippen LogP contribution in [-0.2, 0) is 21.0 Å². The Labute approximate surface area is 313 Å². The summed E-state index contributed by atoms with van der Waals surface area (Å²) in [6.07, 6.45) is 1.20. The molecule has 2 fully saturated rings. The van der Waals surface area contributed by atoms with Gasteiger partial charge in [-0.05, 0) is 48.7 Å². The number of aromatic nitrogens is 2. The molecule has 6 rings (SSSR count). The van der Waals surface area contributed by atoms with E-state index in [9.17, 15) is 19.2 Å². The van der Waals surface area contributed by atoms with E-state index in [1.165, 1.54) is 21.1 Å². The van der Waals surface area contributed by atoms with Gasteiger partial charge in [-0.2, -0.15) is 4.98 Å². The summed E-state index contributed by atoms with van der Waals surface area (Å²) in [7, 11) is 3.07. The van der Waals surface area contributed by atoms with Crippen LogP contribution in [0.3, 0.4) is 0 Å². The summed E-state index contributed by atoms with van der Waals surface area (Å²) in [5.41, 5.74) is 2.17. The third-order valence-corrected chi connectivity index (χ3v) is 10.5. The Morgan fingerprint density at radius 1 is 0.906 bits per heavy atom. The number of piperazine rings is 1. The minimum absolute atomic E-state index is 0.0533. The first-order valence-corrected chi connectivity index (χ1v) is 18.6. The molecule has 3 aromatic carbocycles. The minimum atomic E-state index is -0.681. The van der Waals surface area contributed by atoms with Gasteiger partial charge in [0.05, 0.1) is 19.7 Å². The van der Waals surface area contributed by atoms with Crippen molar-refractivity contribution in [1.82, 2.24) is 19.8 Å². The molecule has 2 unspecified atom stereocenters. The molecular formula is C39H44N6O7S. The van der Waals surface area contributed by atoms with Crippen LogP contribution in [0.4, 0.5) is 11.8 Å². The van der Waals surface area contributed by atoms with Crippen LogP contribution in [0.1, 0.15) is 42.6 Å². The molecule has 2 aliphatic rings. The van der Waals surface area contributed by atoms with Crippen molar-refractivity contribution < 1.29 is 33.4 Å². The molecule has 14 heteroatoms. The number of nitrogens with one attached hydrogen (secondary N) is 1. The van der Waals surface area contributed by atoms with E-state index in [-0.39, 0.29) is 28.7 Å². The average molecular weight is 741 g/mol. The fourth-order valence-corrected chi connectivity index (χ4v) is 7.13. The molecule has 0 radical (unpaired) electrons. The number of rotatable bonds is 12. The molecule has 278 valence electrons. The molecule has 3 heterocycles. The Bertz CT molecular complexity index is 1950. The van der Waals surface area contributed by atoms with Gasteiger partial charge in [-0.3, -0.25) is 19.2 Å². The summed E-state index contributed by atoms with van der Waals surface area (Å²) >= 11 is 1.11. The first kappa shape index (κ1) is 37.4.